The molecule has 1 aliphatic rings. The zero-order chi connectivity index (χ0) is 14.1. The second-order valence-corrected chi connectivity index (χ2v) is 5.30. The molecule has 2 unspecified atom stereocenters. The molecule has 2 atom stereocenters. The summed E-state index contributed by atoms with van der Waals surface area (Å²) in [6.45, 7) is 0. The number of hydrogen-bond donors (Lipinski definition) is 2. The summed E-state index contributed by atoms with van der Waals surface area (Å²) in [5.74, 6) is -0.932. The van der Waals surface area contributed by atoms with Gasteiger partial charge in [-0.3, -0.25) is 9.59 Å². The molecular formula is C15H16N2O3. The Morgan fingerprint density at radius 3 is 2.80 bits per heavy atom. The lowest BCUT2D eigenvalue weighted by molar-refractivity contribution is -0.143. The average Bonchev–Trinajstić information content (AvgIpc) is 2.47. The van der Waals surface area contributed by atoms with Gasteiger partial charge in [-0.05, 0) is 25.0 Å². The number of rotatable bonds is 2. The Bertz CT molecular complexity index is 708. The maximum Gasteiger partial charge on any atom is 0.307 e. The Morgan fingerprint density at radius 1 is 1.25 bits per heavy atom. The summed E-state index contributed by atoms with van der Waals surface area (Å²) >= 11 is 0. The number of H-pyrrole nitrogens is 1. The molecule has 5 heteroatoms. The summed E-state index contributed by atoms with van der Waals surface area (Å²) in [5.41, 5.74) is 0.432. The topological polar surface area (TPSA) is 83.0 Å². The fourth-order valence-corrected chi connectivity index (χ4v) is 3.03. The molecule has 5 nitrogen and oxygen atoms in total. The van der Waals surface area contributed by atoms with Gasteiger partial charge in [-0.2, -0.15) is 0 Å². The van der Waals surface area contributed by atoms with E-state index in [0.29, 0.717) is 23.1 Å². The van der Waals surface area contributed by atoms with Gasteiger partial charge in [0, 0.05) is 5.92 Å². The number of hydrogen-bond acceptors (Lipinski definition) is 3. The van der Waals surface area contributed by atoms with Gasteiger partial charge in [0.05, 0.1) is 16.8 Å². The summed E-state index contributed by atoms with van der Waals surface area (Å²) in [4.78, 5) is 30.7. The molecule has 1 saturated carbocycles. The van der Waals surface area contributed by atoms with Gasteiger partial charge < -0.3 is 10.1 Å². The lowest BCUT2D eigenvalue weighted by Crippen LogP contribution is -2.28. The van der Waals surface area contributed by atoms with Crippen LogP contribution in [0.5, 0.6) is 0 Å². The van der Waals surface area contributed by atoms with Crippen molar-refractivity contribution < 1.29 is 9.90 Å². The van der Waals surface area contributed by atoms with Crippen LogP contribution >= 0.6 is 0 Å². The van der Waals surface area contributed by atoms with Crippen molar-refractivity contribution in [2.75, 3.05) is 0 Å². The van der Waals surface area contributed by atoms with Crippen molar-refractivity contribution >= 4 is 16.9 Å². The lowest BCUT2D eigenvalue weighted by atomic mass is 9.78. The van der Waals surface area contributed by atoms with Crippen molar-refractivity contribution in [3.63, 3.8) is 0 Å². The third-order valence-electron chi connectivity index (χ3n) is 4.07. The van der Waals surface area contributed by atoms with Crippen LogP contribution in [0, 0.1) is 5.92 Å². The number of aromatic nitrogens is 2. The van der Waals surface area contributed by atoms with E-state index in [2.05, 4.69) is 9.97 Å². The molecule has 1 aromatic heterocycles. The Labute approximate surface area is 115 Å². The predicted octanol–water partition coefficient (Wildman–Crippen LogP) is 2.28. The van der Waals surface area contributed by atoms with E-state index in [1.54, 1.807) is 18.2 Å². The maximum atomic E-state index is 12.1. The molecule has 0 bridgehead atoms. The number of aliphatic carboxylic acids is 1. The minimum absolute atomic E-state index is 0.194. The van der Waals surface area contributed by atoms with E-state index >= 15 is 0 Å². The first-order chi connectivity index (χ1) is 9.66. The van der Waals surface area contributed by atoms with Crippen LogP contribution in [0.25, 0.3) is 10.9 Å². The summed E-state index contributed by atoms with van der Waals surface area (Å²) in [6, 6.07) is 7.13. The number of carboxylic acids is 1. The molecule has 0 radical (unpaired) electrons. The summed E-state index contributed by atoms with van der Waals surface area (Å²) in [7, 11) is 0. The molecule has 20 heavy (non-hydrogen) atoms. The highest BCUT2D eigenvalue weighted by Crippen LogP contribution is 2.36. The highest BCUT2D eigenvalue weighted by Gasteiger charge is 2.33. The summed E-state index contributed by atoms with van der Waals surface area (Å²) in [5, 5.41) is 9.87. The third-order valence-corrected chi connectivity index (χ3v) is 4.07. The molecule has 1 aliphatic carbocycles. The highest BCUT2D eigenvalue weighted by atomic mass is 16.4. The zero-order valence-electron chi connectivity index (χ0n) is 11.0. The average molecular weight is 272 g/mol. The summed E-state index contributed by atoms with van der Waals surface area (Å²) < 4.78 is 0. The van der Waals surface area contributed by atoms with Gasteiger partial charge in [0.2, 0.25) is 0 Å². The molecule has 0 aliphatic heterocycles. The minimum atomic E-state index is -0.800. The predicted molar refractivity (Wildman–Crippen MR) is 74.7 cm³/mol. The Kier molecular flexibility index (Phi) is 3.26. The fourth-order valence-electron chi connectivity index (χ4n) is 3.03. The van der Waals surface area contributed by atoms with Crippen LogP contribution < -0.4 is 5.56 Å². The van der Waals surface area contributed by atoms with Crippen molar-refractivity contribution in [3.8, 4) is 0 Å². The Balaban J connectivity index is 2.09. The molecule has 0 spiro atoms. The molecule has 0 amide bonds. The molecule has 104 valence electrons. The molecule has 2 aromatic rings. The first-order valence-electron chi connectivity index (χ1n) is 6.88. The number of aromatic amines is 1. The first kappa shape index (κ1) is 12.8. The lowest BCUT2D eigenvalue weighted by Gasteiger charge is -2.27. The van der Waals surface area contributed by atoms with Gasteiger partial charge in [-0.1, -0.05) is 25.0 Å². The first-order valence-corrected chi connectivity index (χ1v) is 6.88. The number of carbonyl (C=O) groups is 1. The highest BCUT2D eigenvalue weighted by molar-refractivity contribution is 5.77. The molecule has 1 fully saturated rings. The molecule has 0 saturated heterocycles. The number of para-hydroxylation sites is 1. The van der Waals surface area contributed by atoms with E-state index in [-0.39, 0.29) is 11.5 Å². The van der Waals surface area contributed by atoms with Crippen molar-refractivity contribution in [1.29, 1.82) is 0 Å². The van der Waals surface area contributed by atoms with Crippen LogP contribution in [-0.2, 0) is 4.79 Å². The molecule has 1 aromatic carbocycles. The van der Waals surface area contributed by atoms with Crippen LogP contribution in [-0.4, -0.2) is 21.0 Å². The van der Waals surface area contributed by atoms with Crippen LogP contribution in [0.3, 0.4) is 0 Å². The van der Waals surface area contributed by atoms with E-state index in [4.69, 9.17) is 0 Å². The smallest absolute Gasteiger partial charge is 0.307 e. The van der Waals surface area contributed by atoms with Gasteiger partial charge in [0.1, 0.15) is 5.82 Å². The standard InChI is InChI=1S/C15H16N2O3/c18-14-11-7-3-4-8-12(11)16-13(17-14)9-5-1-2-6-10(9)15(19)20/h3-4,7-10H,1-2,5-6H2,(H,19,20)(H,16,17,18). The Hall–Kier alpha value is -2.17. The van der Waals surface area contributed by atoms with Gasteiger partial charge >= 0.3 is 5.97 Å². The van der Waals surface area contributed by atoms with Crippen molar-refractivity contribution in [1.82, 2.24) is 9.97 Å². The quantitative estimate of drug-likeness (QED) is 0.878. The fraction of sp³-hybridized carbons (Fsp3) is 0.400. The van der Waals surface area contributed by atoms with Crippen molar-refractivity contribution in [3.05, 3.63) is 40.4 Å². The number of nitrogens with zero attached hydrogens (tertiary/aromatic N) is 1. The number of carboxylic acid groups (broad SMARTS) is 1. The van der Waals surface area contributed by atoms with Crippen LogP contribution in [0.15, 0.2) is 29.1 Å². The number of fused-ring (bicyclic) bond motifs is 1. The maximum absolute atomic E-state index is 12.1. The monoisotopic (exact) mass is 272 g/mol. The van der Waals surface area contributed by atoms with E-state index < -0.39 is 11.9 Å². The normalized spacial score (nSPS) is 22.8. The van der Waals surface area contributed by atoms with Gasteiger partial charge in [-0.15, -0.1) is 0 Å². The van der Waals surface area contributed by atoms with Gasteiger partial charge in [0.15, 0.2) is 0 Å². The van der Waals surface area contributed by atoms with E-state index in [9.17, 15) is 14.7 Å². The second kappa shape index (κ2) is 5.07. The van der Waals surface area contributed by atoms with E-state index in [0.717, 1.165) is 19.3 Å². The molecule has 3 rings (SSSR count). The van der Waals surface area contributed by atoms with E-state index in [1.165, 1.54) is 0 Å². The molecule has 2 N–H and O–H groups in total. The third kappa shape index (κ3) is 2.19. The minimum Gasteiger partial charge on any atom is -0.481 e. The van der Waals surface area contributed by atoms with Crippen molar-refractivity contribution in [2.45, 2.75) is 31.6 Å². The van der Waals surface area contributed by atoms with E-state index in [1.807, 2.05) is 6.07 Å². The number of nitrogens with one attached hydrogen (secondary N) is 1. The van der Waals surface area contributed by atoms with Crippen LogP contribution in [0.4, 0.5) is 0 Å². The van der Waals surface area contributed by atoms with Crippen molar-refractivity contribution in [2.24, 2.45) is 5.92 Å². The SMILES string of the molecule is O=C(O)C1CCCCC1c1nc2ccccc2c(=O)[nH]1. The van der Waals surface area contributed by atoms with Gasteiger partial charge in [0.25, 0.3) is 5.56 Å². The largest absolute Gasteiger partial charge is 0.481 e. The Morgan fingerprint density at radius 2 is 2.00 bits per heavy atom. The summed E-state index contributed by atoms with van der Waals surface area (Å²) in [6.07, 6.45) is 3.31. The molecule has 1 heterocycles. The van der Waals surface area contributed by atoms with Crippen LogP contribution in [0.1, 0.15) is 37.4 Å². The molecular weight excluding hydrogens is 256 g/mol. The zero-order valence-corrected chi connectivity index (χ0v) is 11.0. The second-order valence-electron chi connectivity index (χ2n) is 5.30. The van der Waals surface area contributed by atoms with Gasteiger partial charge in [-0.25, -0.2) is 4.98 Å². The number of benzene rings is 1. The van der Waals surface area contributed by atoms with Crippen LogP contribution in [0.2, 0.25) is 0 Å².